The Morgan fingerprint density at radius 2 is 1.81 bits per heavy atom. The van der Waals surface area contributed by atoms with Gasteiger partial charge in [0.05, 0.1) is 22.8 Å². The number of pyridine rings is 1. The summed E-state index contributed by atoms with van der Waals surface area (Å²) in [5, 5.41) is 0.172. The van der Waals surface area contributed by atoms with Crippen molar-refractivity contribution < 1.29 is 13.4 Å². The summed E-state index contributed by atoms with van der Waals surface area (Å²) < 4.78 is 27.0. The second-order valence-electron chi connectivity index (χ2n) is 9.08. The number of hydrogen-bond donors (Lipinski definition) is 1. The van der Waals surface area contributed by atoms with Crippen LogP contribution in [0, 0.1) is 0 Å². The van der Waals surface area contributed by atoms with Gasteiger partial charge in [-0.1, -0.05) is 26.8 Å². The molecule has 26 heavy (non-hydrogen) atoms. The van der Waals surface area contributed by atoms with Crippen LogP contribution in [0.3, 0.4) is 0 Å². The Hall–Kier alpha value is -0.763. The first-order chi connectivity index (χ1) is 11.8. The molecule has 7 heteroatoms. The van der Waals surface area contributed by atoms with Crippen molar-refractivity contribution >= 4 is 19.3 Å². The molecule has 1 unspecified atom stereocenters. The van der Waals surface area contributed by atoms with Crippen LogP contribution < -0.4 is 9.46 Å². The molecule has 0 saturated carbocycles. The molecule has 0 aliphatic rings. The highest BCUT2D eigenvalue weighted by Crippen LogP contribution is 2.37. The van der Waals surface area contributed by atoms with Gasteiger partial charge in [0.15, 0.2) is 8.32 Å². The molecule has 0 fully saturated rings. The highest BCUT2D eigenvalue weighted by atomic mass is 32.2. The SMILES string of the molecule is COc1ccc([C@@H](CCO[Si](C)(C)C(C)(C)C)NS(=O)C(C)(C)C)cn1. The van der Waals surface area contributed by atoms with E-state index in [4.69, 9.17) is 9.16 Å². The molecule has 0 aliphatic carbocycles. The first kappa shape index (κ1) is 23.3. The molecule has 1 heterocycles. The standard InChI is InChI=1S/C19H36N2O3SSi/c1-18(2,3)25(22)21-16(15-10-11-17(23-7)20-14-15)12-13-24-26(8,9)19(4,5)6/h10-11,14,16,21H,12-13H2,1-9H3/t16-,25?/m1/s1. The predicted octanol–water partition coefficient (Wildman–Crippen LogP) is 4.60. The van der Waals surface area contributed by atoms with Crippen LogP contribution in [0.2, 0.25) is 18.1 Å². The average molecular weight is 401 g/mol. The van der Waals surface area contributed by atoms with Gasteiger partial charge in [0.1, 0.15) is 0 Å². The number of hydrogen-bond acceptors (Lipinski definition) is 4. The number of rotatable bonds is 8. The summed E-state index contributed by atoms with van der Waals surface area (Å²) in [6.45, 7) is 17.7. The molecule has 0 amide bonds. The number of nitrogens with zero attached hydrogens (tertiary/aromatic N) is 1. The molecule has 1 aromatic rings. The molecular weight excluding hydrogens is 364 g/mol. The Morgan fingerprint density at radius 1 is 1.19 bits per heavy atom. The third-order valence-electron chi connectivity index (χ3n) is 4.85. The Kier molecular flexibility index (Phi) is 8.01. The topological polar surface area (TPSA) is 60.5 Å². The number of nitrogens with one attached hydrogen (secondary N) is 1. The second-order valence-corrected chi connectivity index (χ2v) is 15.9. The van der Waals surface area contributed by atoms with Crippen molar-refractivity contribution in [1.82, 2.24) is 9.71 Å². The van der Waals surface area contributed by atoms with Crippen molar-refractivity contribution in [2.75, 3.05) is 13.7 Å². The summed E-state index contributed by atoms with van der Waals surface area (Å²) in [5.41, 5.74) is 0.988. The molecule has 5 nitrogen and oxygen atoms in total. The summed E-state index contributed by atoms with van der Waals surface area (Å²) in [6.07, 6.45) is 2.52. The molecule has 0 radical (unpaired) electrons. The second kappa shape index (κ2) is 8.95. The Bertz CT molecular complexity index is 592. The van der Waals surface area contributed by atoms with Gasteiger partial charge in [0.25, 0.3) is 0 Å². The molecule has 150 valence electrons. The number of aromatic nitrogens is 1. The van der Waals surface area contributed by atoms with Gasteiger partial charge in [-0.15, -0.1) is 0 Å². The molecule has 1 N–H and O–H groups in total. The fourth-order valence-corrected chi connectivity index (χ4v) is 3.89. The smallest absolute Gasteiger partial charge is 0.212 e. The van der Waals surface area contributed by atoms with Crippen molar-refractivity contribution in [3.63, 3.8) is 0 Å². The van der Waals surface area contributed by atoms with Crippen LogP contribution in [0.4, 0.5) is 0 Å². The van der Waals surface area contributed by atoms with Crippen LogP contribution in [0.1, 0.15) is 59.6 Å². The summed E-state index contributed by atoms with van der Waals surface area (Å²) in [5.74, 6) is 0.571. The van der Waals surface area contributed by atoms with E-state index in [-0.39, 0.29) is 15.8 Å². The molecule has 0 saturated heterocycles. The van der Waals surface area contributed by atoms with Crippen molar-refractivity contribution in [3.8, 4) is 5.88 Å². The monoisotopic (exact) mass is 400 g/mol. The van der Waals surface area contributed by atoms with Crippen molar-refractivity contribution in [1.29, 1.82) is 0 Å². The minimum atomic E-state index is -1.80. The fraction of sp³-hybridized carbons (Fsp3) is 0.737. The van der Waals surface area contributed by atoms with E-state index in [2.05, 4.69) is 43.6 Å². The number of methoxy groups -OCH3 is 1. The van der Waals surface area contributed by atoms with E-state index in [1.165, 1.54) is 0 Å². The maximum absolute atomic E-state index is 12.6. The quantitative estimate of drug-likeness (QED) is 0.648. The zero-order valence-electron chi connectivity index (χ0n) is 17.8. The molecule has 0 aromatic carbocycles. The van der Waals surface area contributed by atoms with Crippen LogP contribution in [-0.2, 0) is 15.4 Å². The zero-order chi connectivity index (χ0) is 20.2. The Morgan fingerprint density at radius 3 is 2.23 bits per heavy atom. The summed E-state index contributed by atoms with van der Waals surface area (Å²) in [7, 11) is -1.38. The van der Waals surface area contributed by atoms with Crippen molar-refractivity contribution in [2.24, 2.45) is 0 Å². The summed E-state index contributed by atoms with van der Waals surface area (Å²) >= 11 is 0. The first-order valence-electron chi connectivity index (χ1n) is 9.10. The molecule has 0 spiro atoms. The van der Waals surface area contributed by atoms with Gasteiger partial charge in [0.2, 0.25) is 5.88 Å². The average Bonchev–Trinajstić information content (AvgIpc) is 2.51. The summed E-state index contributed by atoms with van der Waals surface area (Å²) in [4.78, 5) is 4.29. The van der Waals surface area contributed by atoms with Gasteiger partial charge in [-0.2, -0.15) is 0 Å². The lowest BCUT2D eigenvalue weighted by molar-refractivity contribution is 0.269. The molecule has 0 aliphatic heterocycles. The van der Waals surface area contributed by atoms with E-state index in [9.17, 15) is 4.21 Å². The predicted molar refractivity (Wildman–Crippen MR) is 112 cm³/mol. The van der Waals surface area contributed by atoms with Crippen LogP contribution in [0.5, 0.6) is 5.88 Å². The van der Waals surface area contributed by atoms with Crippen LogP contribution in [0.15, 0.2) is 18.3 Å². The molecule has 2 atom stereocenters. The lowest BCUT2D eigenvalue weighted by Gasteiger charge is -2.36. The van der Waals surface area contributed by atoms with Gasteiger partial charge in [-0.05, 0) is 50.9 Å². The van der Waals surface area contributed by atoms with Crippen molar-refractivity contribution in [2.45, 2.75) is 76.9 Å². The van der Waals surface area contributed by atoms with Gasteiger partial charge in [-0.3, -0.25) is 0 Å². The molecule has 1 rings (SSSR count). The summed E-state index contributed by atoms with van der Waals surface area (Å²) in [6, 6.07) is 3.72. The lowest BCUT2D eigenvalue weighted by atomic mass is 10.1. The Balaban J connectivity index is 2.89. The van der Waals surface area contributed by atoms with E-state index in [0.29, 0.717) is 12.5 Å². The third-order valence-corrected chi connectivity index (χ3v) is 11.0. The largest absolute Gasteiger partial charge is 0.481 e. The van der Waals surface area contributed by atoms with Gasteiger partial charge in [0, 0.05) is 24.9 Å². The van der Waals surface area contributed by atoms with Gasteiger partial charge < -0.3 is 9.16 Å². The first-order valence-corrected chi connectivity index (χ1v) is 13.2. The van der Waals surface area contributed by atoms with E-state index >= 15 is 0 Å². The van der Waals surface area contributed by atoms with E-state index < -0.39 is 19.3 Å². The van der Waals surface area contributed by atoms with Crippen molar-refractivity contribution in [3.05, 3.63) is 23.9 Å². The number of ether oxygens (including phenoxy) is 1. The van der Waals surface area contributed by atoms with E-state index in [1.807, 2.05) is 32.9 Å². The maximum Gasteiger partial charge on any atom is 0.212 e. The third kappa shape index (κ3) is 6.76. The van der Waals surface area contributed by atoms with Crippen LogP contribution in [-0.4, -0.2) is 36.0 Å². The highest BCUT2D eigenvalue weighted by Gasteiger charge is 2.37. The highest BCUT2D eigenvalue weighted by molar-refractivity contribution is 7.84. The maximum atomic E-state index is 12.6. The molecule has 1 aromatic heterocycles. The van der Waals surface area contributed by atoms with E-state index in [1.54, 1.807) is 13.3 Å². The minimum Gasteiger partial charge on any atom is -0.481 e. The lowest BCUT2D eigenvalue weighted by Crippen LogP contribution is -2.42. The van der Waals surface area contributed by atoms with Crippen LogP contribution in [0.25, 0.3) is 0 Å². The fourth-order valence-electron chi connectivity index (χ4n) is 1.97. The van der Waals surface area contributed by atoms with E-state index in [0.717, 1.165) is 12.0 Å². The normalized spacial score (nSPS) is 15.6. The molecular formula is C19H36N2O3SSi. The van der Waals surface area contributed by atoms with Gasteiger partial charge in [-0.25, -0.2) is 13.9 Å². The Labute approximate surface area is 163 Å². The van der Waals surface area contributed by atoms with Gasteiger partial charge >= 0.3 is 0 Å². The molecule has 0 bridgehead atoms. The minimum absolute atomic E-state index is 0.0850. The zero-order valence-corrected chi connectivity index (χ0v) is 19.6. The van der Waals surface area contributed by atoms with Crippen LogP contribution >= 0.6 is 0 Å².